The van der Waals surface area contributed by atoms with Gasteiger partial charge in [-0.2, -0.15) is 0 Å². The first kappa shape index (κ1) is 16.8. The lowest BCUT2D eigenvalue weighted by Crippen LogP contribution is -2.44. The molecule has 0 bridgehead atoms. The molecule has 0 spiro atoms. The van der Waals surface area contributed by atoms with Crippen LogP contribution in [0, 0.1) is 0 Å². The topological polar surface area (TPSA) is 29.5 Å². The Hall–Kier alpha value is -2.00. The van der Waals surface area contributed by atoms with Crippen LogP contribution in [0.25, 0.3) is 0 Å². The second kappa shape index (κ2) is 7.71. The molecule has 4 heteroatoms. The number of benzene rings is 2. The first-order chi connectivity index (χ1) is 11.6. The molecule has 0 saturated carbocycles. The van der Waals surface area contributed by atoms with Crippen LogP contribution in [0.15, 0.2) is 54.6 Å². The largest absolute Gasteiger partial charge is 0.481 e. The third-order valence-electron chi connectivity index (χ3n) is 4.53. The van der Waals surface area contributed by atoms with Gasteiger partial charge in [-0.05, 0) is 49.4 Å². The lowest BCUT2D eigenvalue weighted by atomic mass is 9.89. The maximum atomic E-state index is 12.6. The molecule has 1 atom stereocenters. The van der Waals surface area contributed by atoms with Crippen LogP contribution in [0.5, 0.6) is 5.75 Å². The summed E-state index contributed by atoms with van der Waals surface area (Å²) in [6.07, 6.45) is 1.50. The van der Waals surface area contributed by atoms with Crippen LogP contribution >= 0.6 is 11.6 Å². The number of ether oxygens (including phenoxy) is 1. The van der Waals surface area contributed by atoms with Crippen LogP contribution in [-0.4, -0.2) is 30.0 Å². The molecule has 0 N–H and O–H groups in total. The highest BCUT2D eigenvalue weighted by Gasteiger charge is 2.27. The fraction of sp³-hybridized carbons (Fsp3) is 0.350. The van der Waals surface area contributed by atoms with Crippen LogP contribution < -0.4 is 4.74 Å². The number of halogens is 1. The fourth-order valence-corrected chi connectivity index (χ4v) is 3.39. The predicted octanol–water partition coefficient (Wildman–Crippen LogP) is 4.51. The summed E-state index contributed by atoms with van der Waals surface area (Å²) in [5.74, 6) is 1.21. The molecule has 24 heavy (non-hydrogen) atoms. The molecule has 1 aliphatic heterocycles. The number of amides is 1. The summed E-state index contributed by atoms with van der Waals surface area (Å²) < 4.78 is 5.75. The molecule has 1 heterocycles. The van der Waals surface area contributed by atoms with Gasteiger partial charge in [-0.25, -0.2) is 0 Å². The van der Waals surface area contributed by atoms with Gasteiger partial charge in [0.25, 0.3) is 5.91 Å². The number of piperidine rings is 1. The van der Waals surface area contributed by atoms with E-state index >= 15 is 0 Å². The van der Waals surface area contributed by atoms with Crippen molar-refractivity contribution < 1.29 is 9.53 Å². The molecule has 1 saturated heterocycles. The van der Waals surface area contributed by atoms with Crippen molar-refractivity contribution in [1.29, 1.82) is 0 Å². The Balaban J connectivity index is 1.55. The minimum atomic E-state index is -0.503. The molecule has 2 aromatic carbocycles. The molecule has 2 aromatic rings. The Bertz CT molecular complexity index is 681. The highest BCUT2D eigenvalue weighted by Crippen LogP contribution is 2.28. The van der Waals surface area contributed by atoms with Crippen LogP contribution in [0.2, 0.25) is 5.02 Å². The molecular weight excluding hydrogens is 322 g/mol. The van der Waals surface area contributed by atoms with Gasteiger partial charge in [-0.3, -0.25) is 4.79 Å². The van der Waals surface area contributed by atoms with E-state index in [1.165, 1.54) is 5.56 Å². The van der Waals surface area contributed by atoms with Crippen molar-refractivity contribution in [2.45, 2.75) is 31.8 Å². The number of likely N-dealkylation sites (tertiary alicyclic amines) is 1. The van der Waals surface area contributed by atoms with Crippen molar-refractivity contribution in [3.8, 4) is 5.75 Å². The molecule has 0 aliphatic carbocycles. The molecule has 1 fully saturated rings. The van der Waals surface area contributed by atoms with Gasteiger partial charge in [-0.1, -0.05) is 48.0 Å². The van der Waals surface area contributed by atoms with E-state index < -0.39 is 6.10 Å². The zero-order valence-electron chi connectivity index (χ0n) is 13.8. The fourth-order valence-electron chi connectivity index (χ4n) is 3.21. The highest BCUT2D eigenvalue weighted by atomic mass is 35.5. The third kappa shape index (κ3) is 4.09. The monoisotopic (exact) mass is 343 g/mol. The van der Waals surface area contributed by atoms with Gasteiger partial charge >= 0.3 is 0 Å². The van der Waals surface area contributed by atoms with Crippen LogP contribution in [0.3, 0.4) is 0 Å². The Morgan fingerprint density at radius 3 is 2.50 bits per heavy atom. The SMILES string of the molecule is CC(Oc1cccc(Cl)c1)C(=O)N1CCC(c2ccccc2)CC1. The summed E-state index contributed by atoms with van der Waals surface area (Å²) in [5.41, 5.74) is 1.37. The van der Waals surface area contributed by atoms with E-state index in [-0.39, 0.29) is 5.91 Å². The molecule has 1 amide bonds. The summed E-state index contributed by atoms with van der Waals surface area (Å²) in [5, 5.41) is 0.607. The molecule has 1 unspecified atom stereocenters. The van der Waals surface area contributed by atoms with Gasteiger partial charge in [0.15, 0.2) is 6.10 Å². The average molecular weight is 344 g/mol. The number of hydrogen-bond donors (Lipinski definition) is 0. The Morgan fingerprint density at radius 2 is 1.83 bits per heavy atom. The van der Waals surface area contributed by atoms with Crippen molar-refractivity contribution in [1.82, 2.24) is 4.90 Å². The van der Waals surface area contributed by atoms with E-state index in [0.29, 0.717) is 16.7 Å². The van der Waals surface area contributed by atoms with Gasteiger partial charge in [0, 0.05) is 18.1 Å². The van der Waals surface area contributed by atoms with Crippen molar-refractivity contribution in [2.24, 2.45) is 0 Å². The summed E-state index contributed by atoms with van der Waals surface area (Å²) in [4.78, 5) is 14.5. The molecule has 3 nitrogen and oxygen atoms in total. The van der Waals surface area contributed by atoms with Gasteiger partial charge in [0.2, 0.25) is 0 Å². The third-order valence-corrected chi connectivity index (χ3v) is 4.77. The van der Waals surface area contributed by atoms with E-state index in [4.69, 9.17) is 16.3 Å². The van der Waals surface area contributed by atoms with Gasteiger partial charge in [0.1, 0.15) is 5.75 Å². The number of carbonyl (C=O) groups is 1. The summed E-state index contributed by atoms with van der Waals surface area (Å²) in [7, 11) is 0. The van der Waals surface area contributed by atoms with E-state index in [1.54, 1.807) is 19.1 Å². The summed E-state index contributed by atoms with van der Waals surface area (Å²) in [6, 6.07) is 17.7. The first-order valence-corrected chi connectivity index (χ1v) is 8.77. The van der Waals surface area contributed by atoms with Crippen molar-refractivity contribution in [3.63, 3.8) is 0 Å². The van der Waals surface area contributed by atoms with Gasteiger partial charge in [0.05, 0.1) is 0 Å². The number of rotatable bonds is 4. The predicted molar refractivity (Wildman–Crippen MR) is 96.5 cm³/mol. The molecule has 0 radical (unpaired) electrons. The van der Waals surface area contributed by atoms with Gasteiger partial charge in [-0.15, -0.1) is 0 Å². The Kier molecular flexibility index (Phi) is 5.41. The number of nitrogens with zero attached hydrogens (tertiary/aromatic N) is 1. The maximum Gasteiger partial charge on any atom is 0.263 e. The van der Waals surface area contributed by atoms with Crippen LogP contribution in [-0.2, 0) is 4.79 Å². The number of hydrogen-bond acceptors (Lipinski definition) is 2. The van der Waals surface area contributed by atoms with Crippen molar-refractivity contribution in [3.05, 3.63) is 65.2 Å². The quantitative estimate of drug-likeness (QED) is 0.817. The van der Waals surface area contributed by atoms with E-state index in [0.717, 1.165) is 25.9 Å². The standard InChI is InChI=1S/C20H22ClNO2/c1-15(24-19-9-5-8-18(21)14-19)20(23)22-12-10-17(11-13-22)16-6-3-2-4-7-16/h2-9,14-15,17H,10-13H2,1H3. The zero-order chi connectivity index (χ0) is 16.9. The van der Waals surface area contributed by atoms with Crippen molar-refractivity contribution >= 4 is 17.5 Å². The van der Waals surface area contributed by atoms with Crippen LogP contribution in [0.1, 0.15) is 31.2 Å². The lowest BCUT2D eigenvalue weighted by molar-refractivity contribution is -0.139. The molecule has 1 aliphatic rings. The first-order valence-electron chi connectivity index (χ1n) is 8.39. The Morgan fingerprint density at radius 1 is 1.12 bits per heavy atom. The van der Waals surface area contributed by atoms with E-state index in [2.05, 4.69) is 24.3 Å². The van der Waals surface area contributed by atoms with Crippen molar-refractivity contribution in [2.75, 3.05) is 13.1 Å². The normalized spacial score (nSPS) is 16.7. The minimum Gasteiger partial charge on any atom is -0.481 e. The lowest BCUT2D eigenvalue weighted by Gasteiger charge is -2.33. The smallest absolute Gasteiger partial charge is 0.263 e. The second-order valence-electron chi connectivity index (χ2n) is 6.23. The summed E-state index contributed by atoms with van der Waals surface area (Å²) >= 11 is 5.96. The highest BCUT2D eigenvalue weighted by molar-refractivity contribution is 6.30. The van der Waals surface area contributed by atoms with Gasteiger partial charge < -0.3 is 9.64 Å². The zero-order valence-corrected chi connectivity index (χ0v) is 14.6. The minimum absolute atomic E-state index is 0.0430. The number of carbonyl (C=O) groups excluding carboxylic acids is 1. The molecule has 126 valence electrons. The maximum absolute atomic E-state index is 12.6. The van der Waals surface area contributed by atoms with Crippen LogP contribution in [0.4, 0.5) is 0 Å². The molecular formula is C20H22ClNO2. The Labute approximate surface area is 148 Å². The second-order valence-corrected chi connectivity index (χ2v) is 6.66. The van der Waals surface area contributed by atoms with E-state index in [1.807, 2.05) is 23.1 Å². The molecule has 0 aromatic heterocycles. The average Bonchev–Trinajstić information content (AvgIpc) is 2.62. The van der Waals surface area contributed by atoms with E-state index in [9.17, 15) is 4.79 Å². The molecule has 3 rings (SSSR count). The summed E-state index contributed by atoms with van der Waals surface area (Å²) in [6.45, 7) is 3.36.